The number of aryl methyl sites for hydroxylation is 1. The maximum atomic E-state index is 13.2. The zero-order valence-corrected chi connectivity index (χ0v) is 17.0. The molecule has 1 fully saturated rings. The summed E-state index contributed by atoms with van der Waals surface area (Å²) in [5.41, 5.74) is 1.98. The van der Waals surface area contributed by atoms with Crippen LogP contribution in [0, 0.1) is 6.92 Å². The van der Waals surface area contributed by atoms with Gasteiger partial charge in [-0.15, -0.1) is 0 Å². The fourth-order valence-electron chi connectivity index (χ4n) is 2.65. The molecule has 0 saturated carbocycles. The van der Waals surface area contributed by atoms with Gasteiger partial charge in [0.25, 0.3) is 0 Å². The lowest BCUT2D eigenvalue weighted by Crippen LogP contribution is -2.34. The SMILES string of the molecule is Cc1ccccc1CN(CC1CO1)S(=O)(=O)c1ccc(OC(=O)N(C)C)cc1. The first kappa shape index (κ1) is 20.3. The first-order chi connectivity index (χ1) is 13.3. The van der Waals surface area contributed by atoms with E-state index in [0.717, 1.165) is 11.1 Å². The normalized spacial score (nSPS) is 16.1. The van der Waals surface area contributed by atoms with Gasteiger partial charge in [-0.05, 0) is 42.3 Å². The molecule has 1 unspecified atom stereocenters. The summed E-state index contributed by atoms with van der Waals surface area (Å²) in [6.07, 6.45) is -0.596. The molecule has 0 N–H and O–H groups in total. The van der Waals surface area contributed by atoms with Crippen LogP contribution < -0.4 is 4.74 Å². The highest BCUT2D eigenvalue weighted by molar-refractivity contribution is 7.89. The summed E-state index contributed by atoms with van der Waals surface area (Å²) < 4.78 is 38.3. The van der Waals surface area contributed by atoms with Crippen molar-refractivity contribution in [3.8, 4) is 5.75 Å². The molecule has 1 saturated heterocycles. The van der Waals surface area contributed by atoms with Crippen molar-refractivity contribution in [2.75, 3.05) is 27.2 Å². The van der Waals surface area contributed by atoms with Gasteiger partial charge in [-0.2, -0.15) is 4.31 Å². The molecule has 0 bridgehead atoms. The number of epoxide rings is 1. The van der Waals surface area contributed by atoms with Gasteiger partial charge in [-0.25, -0.2) is 13.2 Å². The van der Waals surface area contributed by atoms with Crippen LogP contribution in [0.15, 0.2) is 53.4 Å². The minimum absolute atomic E-state index is 0.0703. The molecule has 3 rings (SSSR count). The molecule has 1 heterocycles. The van der Waals surface area contributed by atoms with Crippen LogP contribution >= 0.6 is 0 Å². The maximum Gasteiger partial charge on any atom is 0.414 e. The van der Waals surface area contributed by atoms with Gasteiger partial charge in [0.15, 0.2) is 0 Å². The number of hydrogen-bond donors (Lipinski definition) is 0. The molecule has 8 heteroatoms. The minimum Gasteiger partial charge on any atom is -0.410 e. The van der Waals surface area contributed by atoms with E-state index < -0.39 is 16.1 Å². The van der Waals surface area contributed by atoms with E-state index in [-0.39, 0.29) is 23.3 Å². The van der Waals surface area contributed by atoms with E-state index in [1.165, 1.54) is 33.5 Å². The molecular weight excluding hydrogens is 380 g/mol. The molecular formula is C20H24N2O5S. The number of amides is 1. The smallest absolute Gasteiger partial charge is 0.410 e. The van der Waals surface area contributed by atoms with Crippen molar-refractivity contribution in [1.82, 2.24) is 9.21 Å². The molecule has 0 radical (unpaired) electrons. The lowest BCUT2D eigenvalue weighted by Gasteiger charge is -2.22. The van der Waals surface area contributed by atoms with Gasteiger partial charge >= 0.3 is 6.09 Å². The van der Waals surface area contributed by atoms with Gasteiger partial charge in [0.1, 0.15) is 5.75 Å². The average molecular weight is 404 g/mol. The van der Waals surface area contributed by atoms with Gasteiger partial charge in [0.2, 0.25) is 10.0 Å². The molecule has 150 valence electrons. The zero-order chi connectivity index (χ0) is 20.3. The third-order valence-corrected chi connectivity index (χ3v) is 6.28. The van der Waals surface area contributed by atoms with Crippen LogP contribution in [0.3, 0.4) is 0 Å². The van der Waals surface area contributed by atoms with E-state index in [0.29, 0.717) is 13.2 Å². The Balaban J connectivity index is 1.82. The van der Waals surface area contributed by atoms with Gasteiger partial charge in [0.05, 0.1) is 17.6 Å². The number of carbonyl (C=O) groups is 1. The van der Waals surface area contributed by atoms with Crippen molar-refractivity contribution < 1.29 is 22.7 Å². The molecule has 1 amide bonds. The van der Waals surface area contributed by atoms with Crippen LogP contribution in [0.25, 0.3) is 0 Å². The fraction of sp³-hybridized carbons (Fsp3) is 0.350. The predicted octanol–water partition coefficient (Wildman–Crippen LogP) is 2.65. The molecule has 2 aromatic carbocycles. The second kappa shape index (κ2) is 8.30. The number of nitrogens with zero attached hydrogens (tertiary/aromatic N) is 2. The second-order valence-electron chi connectivity index (χ2n) is 6.91. The van der Waals surface area contributed by atoms with Crippen molar-refractivity contribution >= 4 is 16.1 Å². The Hall–Kier alpha value is -2.42. The van der Waals surface area contributed by atoms with E-state index in [2.05, 4.69) is 0 Å². The van der Waals surface area contributed by atoms with E-state index >= 15 is 0 Å². The van der Waals surface area contributed by atoms with Gasteiger partial charge in [-0.1, -0.05) is 24.3 Å². The van der Waals surface area contributed by atoms with E-state index in [9.17, 15) is 13.2 Å². The van der Waals surface area contributed by atoms with Crippen molar-refractivity contribution in [3.63, 3.8) is 0 Å². The van der Waals surface area contributed by atoms with Crippen LogP contribution in [-0.2, 0) is 21.3 Å². The topological polar surface area (TPSA) is 79.5 Å². The van der Waals surface area contributed by atoms with E-state index in [4.69, 9.17) is 9.47 Å². The van der Waals surface area contributed by atoms with Crippen molar-refractivity contribution in [2.24, 2.45) is 0 Å². The highest BCUT2D eigenvalue weighted by Crippen LogP contribution is 2.25. The Bertz CT molecular complexity index is 937. The first-order valence-corrected chi connectivity index (χ1v) is 10.4. The van der Waals surface area contributed by atoms with Gasteiger partial charge < -0.3 is 14.4 Å². The van der Waals surface area contributed by atoms with Crippen LogP contribution in [0.4, 0.5) is 4.79 Å². The van der Waals surface area contributed by atoms with Gasteiger partial charge in [-0.3, -0.25) is 0 Å². The van der Waals surface area contributed by atoms with Crippen molar-refractivity contribution in [3.05, 3.63) is 59.7 Å². The first-order valence-electron chi connectivity index (χ1n) is 8.93. The summed E-state index contributed by atoms with van der Waals surface area (Å²) in [5.74, 6) is 0.286. The molecule has 1 aliphatic heterocycles. The molecule has 0 aromatic heterocycles. The van der Waals surface area contributed by atoms with Crippen LogP contribution in [-0.4, -0.2) is 57.1 Å². The number of carbonyl (C=O) groups excluding carboxylic acids is 1. The average Bonchev–Trinajstić information content (AvgIpc) is 3.47. The van der Waals surface area contributed by atoms with Crippen LogP contribution in [0.5, 0.6) is 5.75 Å². The number of rotatable bonds is 7. The van der Waals surface area contributed by atoms with Crippen molar-refractivity contribution in [2.45, 2.75) is 24.5 Å². The van der Waals surface area contributed by atoms with Gasteiger partial charge in [0, 0.05) is 27.2 Å². The third kappa shape index (κ3) is 4.89. The maximum absolute atomic E-state index is 13.2. The lowest BCUT2D eigenvalue weighted by molar-refractivity contribution is 0.172. The molecule has 7 nitrogen and oxygen atoms in total. The number of ether oxygens (including phenoxy) is 2. The van der Waals surface area contributed by atoms with E-state index in [1.54, 1.807) is 14.1 Å². The second-order valence-corrected chi connectivity index (χ2v) is 8.85. The minimum atomic E-state index is -3.73. The Labute approximate surface area is 165 Å². The summed E-state index contributed by atoms with van der Waals surface area (Å²) in [5, 5.41) is 0. The van der Waals surface area contributed by atoms with Crippen molar-refractivity contribution in [1.29, 1.82) is 0 Å². The molecule has 2 aromatic rings. The number of benzene rings is 2. The molecule has 1 aliphatic rings. The Morgan fingerprint density at radius 2 is 1.79 bits per heavy atom. The summed E-state index contributed by atoms with van der Waals surface area (Å²) >= 11 is 0. The molecule has 0 spiro atoms. The van der Waals surface area contributed by atoms with Crippen LogP contribution in [0.2, 0.25) is 0 Å². The molecule has 0 aliphatic carbocycles. The third-order valence-electron chi connectivity index (χ3n) is 4.45. The fourth-order valence-corrected chi connectivity index (χ4v) is 4.10. The monoisotopic (exact) mass is 404 g/mol. The van der Waals surface area contributed by atoms with Crippen LogP contribution in [0.1, 0.15) is 11.1 Å². The summed E-state index contributed by atoms with van der Waals surface area (Å²) in [4.78, 5) is 13.1. The number of hydrogen-bond acceptors (Lipinski definition) is 5. The number of sulfonamides is 1. The van der Waals surface area contributed by atoms with E-state index in [1.807, 2.05) is 31.2 Å². The quantitative estimate of drug-likeness (QED) is 0.663. The summed E-state index contributed by atoms with van der Waals surface area (Å²) in [6, 6.07) is 13.6. The lowest BCUT2D eigenvalue weighted by atomic mass is 10.1. The zero-order valence-electron chi connectivity index (χ0n) is 16.2. The Morgan fingerprint density at radius 3 is 2.36 bits per heavy atom. The standard InChI is InChI=1S/C20H24N2O5S/c1-15-6-4-5-7-16(15)12-22(13-18-14-26-18)28(24,25)19-10-8-17(9-11-19)27-20(23)21(2)3/h4-11,18H,12-14H2,1-3H3. The molecule has 1 atom stereocenters. The highest BCUT2D eigenvalue weighted by atomic mass is 32.2. The largest absolute Gasteiger partial charge is 0.414 e. The summed E-state index contributed by atoms with van der Waals surface area (Å²) in [7, 11) is -0.582. The predicted molar refractivity (Wildman–Crippen MR) is 105 cm³/mol. The molecule has 28 heavy (non-hydrogen) atoms. The Kier molecular flexibility index (Phi) is 6.02. The summed E-state index contributed by atoms with van der Waals surface area (Å²) in [6.45, 7) is 3.10. The Morgan fingerprint density at radius 1 is 1.14 bits per heavy atom. The highest BCUT2D eigenvalue weighted by Gasteiger charge is 2.33.